The summed E-state index contributed by atoms with van der Waals surface area (Å²) in [5, 5.41) is 12.0. The summed E-state index contributed by atoms with van der Waals surface area (Å²) in [6, 6.07) is 3.90. The number of hydrazone groups is 1. The minimum Gasteiger partial charge on any atom is -0.505 e. The Labute approximate surface area is 63.0 Å². The van der Waals surface area contributed by atoms with E-state index in [0.29, 0.717) is 5.56 Å². The van der Waals surface area contributed by atoms with E-state index in [1.54, 1.807) is 0 Å². The van der Waals surface area contributed by atoms with Gasteiger partial charge in [0.2, 0.25) is 0 Å². The molecule has 0 fully saturated rings. The first kappa shape index (κ1) is 7.53. The Kier molecular flexibility index (Phi) is 2.06. The molecular weight excluding hydrogens is 147 g/mol. The molecule has 0 bridgehead atoms. The number of phenolic OH excluding ortho intramolecular Hbond substituents is 1. The molecule has 0 aliphatic rings. The first-order valence-electron chi connectivity index (χ1n) is 2.96. The van der Waals surface area contributed by atoms with E-state index < -0.39 is 5.82 Å². The molecule has 0 unspecified atom stereocenters. The molecule has 3 N–H and O–H groups in total. The van der Waals surface area contributed by atoms with Crippen LogP contribution < -0.4 is 5.84 Å². The van der Waals surface area contributed by atoms with Crippen LogP contribution in [0.15, 0.2) is 23.3 Å². The highest BCUT2D eigenvalue weighted by Gasteiger charge is 1.98. The van der Waals surface area contributed by atoms with Crippen LogP contribution in [0.1, 0.15) is 5.56 Å². The molecule has 0 saturated heterocycles. The van der Waals surface area contributed by atoms with Gasteiger partial charge in [0.1, 0.15) is 0 Å². The Bertz CT molecular complexity index is 286. The lowest BCUT2D eigenvalue weighted by atomic mass is 10.2. The number of hydrogen-bond acceptors (Lipinski definition) is 3. The van der Waals surface area contributed by atoms with E-state index in [1.165, 1.54) is 18.3 Å². The third-order valence-corrected chi connectivity index (χ3v) is 1.20. The summed E-state index contributed by atoms with van der Waals surface area (Å²) in [4.78, 5) is 0. The van der Waals surface area contributed by atoms with Gasteiger partial charge in [-0.15, -0.1) is 0 Å². The van der Waals surface area contributed by atoms with Crippen molar-refractivity contribution in [3.05, 3.63) is 29.6 Å². The number of rotatable bonds is 1. The third kappa shape index (κ3) is 1.67. The lowest BCUT2D eigenvalue weighted by molar-refractivity contribution is 0.432. The second-order valence-corrected chi connectivity index (χ2v) is 1.99. The highest BCUT2D eigenvalue weighted by molar-refractivity contribution is 5.79. The quantitative estimate of drug-likeness (QED) is 0.357. The van der Waals surface area contributed by atoms with Gasteiger partial charge in [-0.2, -0.15) is 5.10 Å². The van der Waals surface area contributed by atoms with Crippen molar-refractivity contribution in [1.82, 2.24) is 0 Å². The highest BCUT2D eigenvalue weighted by atomic mass is 19.1. The molecule has 0 aliphatic heterocycles. The van der Waals surface area contributed by atoms with Gasteiger partial charge in [-0.1, -0.05) is 0 Å². The maximum absolute atomic E-state index is 12.6. The number of benzene rings is 1. The summed E-state index contributed by atoms with van der Waals surface area (Å²) in [6.45, 7) is 0. The average Bonchev–Trinajstić information content (AvgIpc) is 1.98. The van der Waals surface area contributed by atoms with Crippen LogP contribution in [-0.2, 0) is 0 Å². The van der Waals surface area contributed by atoms with Crippen LogP contribution in [-0.4, -0.2) is 11.3 Å². The SMILES string of the molecule is NN=Cc1ccc(O)c(F)c1. The number of nitrogens with zero attached hydrogens (tertiary/aromatic N) is 1. The molecule has 0 radical (unpaired) electrons. The Hall–Kier alpha value is -1.58. The van der Waals surface area contributed by atoms with Gasteiger partial charge in [0, 0.05) is 0 Å². The predicted octanol–water partition coefficient (Wildman–Crippen LogP) is 0.824. The standard InChI is InChI=1S/C7H7FN2O/c8-6-3-5(4-10-9)1-2-7(6)11/h1-4,11H,9H2. The summed E-state index contributed by atoms with van der Waals surface area (Å²) in [5.74, 6) is 3.78. The molecule has 58 valence electrons. The molecule has 11 heavy (non-hydrogen) atoms. The third-order valence-electron chi connectivity index (χ3n) is 1.20. The number of aromatic hydroxyl groups is 1. The van der Waals surface area contributed by atoms with Crippen LogP contribution in [0.4, 0.5) is 4.39 Å². The van der Waals surface area contributed by atoms with E-state index in [1.807, 2.05) is 0 Å². The average molecular weight is 154 g/mol. The fourth-order valence-electron chi connectivity index (χ4n) is 0.690. The van der Waals surface area contributed by atoms with Crippen molar-refractivity contribution in [2.45, 2.75) is 0 Å². The van der Waals surface area contributed by atoms with Crippen LogP contribution in [0.5, 0.6) is 5.75 Å². The molecule has 1 rings (SSSR count). The van der Waals surface area contributed by atoms with Crippen molar-refractivity contribution in [3.8, 4) is 5.75 Å². The van der Waals surface area contributed by atoms with Crippen molar-refractivity contribution < 1.29 is 9.50 Å². The lowest BCUT2D eigenvalue weighted by Gasteiger charge is -1.94. The monoisotopic (exact) mass is 154 g/mol. The molecule has 0 amide bonds. The molecule has 1 aromatic rings. The van der Waals surface area contributed by atoms with E-state index in [2.05, 4.69) is 5.10 Å². The van der Waals surface area contributed by atoms with E-state index in [0.717, 1.165) is 6.07 Å². The molecule has 0 aliphatic carbocycles. The normalized spacial score (nSPS) is 10.6. The van der Waals surface area contributed by atoms with E-state index >= 15 is 0 Å². The largest absolute Gasteiger partial charge is 0.505 e. The summed E-state index contributed by atoms with van der Waals surface area (Å²) in [5.41, 5.74) is 0.516. The molecule has 0 spiro atoms. The Morgan fingerprint density at radius 2 is 2.27 bits per heavy atom. The number of hydrogen-bond donors (Lipinski definition) is 2. The Balaban J connectivity index is 3.05. The van der Waals surface area contributed by atoms with Gasteiger partial charge < -0.3 is 10.9 Å². The van der Waals surface area contributed by atoms with Crippen molar-refractivity contribution >= 4 is 6.21 Å². The predicted molar refractivity (Wildman–Crippen MR) is 39.8 cm³/mol. The zero-order chi connectivity index (χ0) is 8.27. The van der Waals surface area contributed by atoms with E-state index in [-0.39, 0.29) is 5.75 Å². The van der Waals surface area contributed by atoms with Crippen LogP contribution in [0.25, 0.3) is 0 Å². The number of nitrogens with two attached hydrogens (primary N) is 1. The second kappa shape index (κ2) is 3.01. The smallest absolute Gasteiger partial charge is 0.165 e. The van der Waals surface area contributed by atoms with E-state index in [9.17, 15) is 4.39 Å². The fourth-order valence-corrected chi connectivity index (χ4v) is 0.690. The van der Waals surface area contributed by atoms with Gasteiger partial charge in [0.15, 0.2) is 11.6 Å². The maximum Gasteiger partial charge on any atom is 0.165 e. The molecule has 4 heteroatoms. The van der Waals surface area contributed by atoms with Crippen LogP contribution >= 0.6 is 0 Å². The lowest BCUT2D eigenvalue weighted by Crippen LogP contribution is -1.87. The van der Waals surface area contributed by atoms with Crippen LogP contribution in [0.3, 0.4) is 0 Å². The van der Waals surface area contributed by atoms with Gasteiger partial charge in [0.25, 0.3) is 0 Å². The summed E-state index contributed by atoms with van der Waals surface area (Å²) >= 11 is 0. The van der Waals surface area contributed by atoms with Crippen molar-refractivity contribution in [1.29, 1.82) is 0 Å². The van der Waals surface area contributed by atoms with Gasteiger partial charge in [0.05, 0.1) is 6.21 Å². The molecule has 1 aromatic carbocycles. The first-order valence-corrected chi connectivity index (χ1v) is 2.96. The number of halogens is 1. The van der Waals surface area contributed by atoms with E-state index in [4.69, 9.17) is 10.9 Å². The topological polar surface area (TPSA) is 58.6 Å². The Morgan fingerprint density at radius 1 is 1.55 bits per heavy atom. The highest BCUT2D eigenvalue weighted by Crippen LogP contribution is 2.14. The van der Waals surface area contributed by atoms with Gasteiger partial charge in [-0.25, -0.2) is 4.39 Å². The molecule has 0 heterocycles. The molecule has 3 nitrogen and oxygen atoms in total. The van der Waals surface area contributed by atoms with Gasteiger partial charge in [-0.3, -0.25) is 0 Å². The minimum absolute atomic E-state index is 0.376. The second-order valence-electron chi connectivity index (χ2n) is 1.99. The molecular formula is C7H7FN2O. The summed E-state index contributed by atoms with van der Waals surface area (Å²) in [7, 11) is 0. The molecule has 0 aromatic heterocycles. The zero-order valence-electron chi connectivity index (χ0n) is 5.66. The van der Waals surface area contributed by atoms with Gasteiger partial charge >= 0.3 is 0 Å². The number of phenols is 1. The first-order chi connectivity index (χ1) is 5.24. The van der Waals surface area contributed by atoms with Crippen molar-refractivity contribution in [3.63, 3.8) is 0 Å². The molecule has 0 saturated carbocycles. The van der Waals surface area contributed by atoms with Crippen molar-refractivity contribution in [2.75, 3.05) is 0 Å². The Morgan fingerprint density at radius 3 is 2.82 bits per heavy atom. The molecule has 0 atom stereocenters. The zero-order valence-corrected chi connectivity index (χ0v) is 5.66. The van der Waals surface area contributed by atoms with Crippen molar-refractivity contribution in [2.24, 2.45) is 10.9 Å². The minimum atomic E-state index is -0.678. The fraction of sp³-hybridized carbons (Fsp3) is 0. The summed E-state index contributed by atoms with van der Waals surface area (Å²) < 4.78 is 12.6. The van der Waals surface area contributed by atoms with Crippen LogP contribution in [0, 0.1) is 5.82 Å². The summed E-state index contributed by atoms with van der Waals surface area (Å²) in [6.07, 6.45) is 1.29. The maximum atomic E-state index is 12.6. The van der Waals surface area contributed by atoms with Crippen LogP contribution in [0.2, 0.25) is 0 Å². The van der Waals surface area contributed by atoms with Gasteiger partial charge in [-0.05, 0) is 23.8 Å².